The summed E-state index contributed by atoms with van der Waals surface area (Å²) < 4.78 is 9.54. The van der Waals surface area contributed by atoms with Crippen molar-refractivity contribution in [2.24, 2.45) is 12.8 Å². The van der Waals surface area contributed by atoms with E-state index in [2.05, 4.69) is 37.0 Å². The number of benzene rings is 1. The van der Waals surface area contributed by atoms with Crippen LogP contribution in [-0.2, 0) is 20.2 Å². The summed E-state index contributed by atoms with van der Waals surface area (Å²) in [7, 11) is 1.91. The highest BCUT2D eigenvalue weighted by molar-refractivity contribution is 9.10. The maximum absolute atomic E-state index is 5.82. The summed E-state index contributed by atoms with van der Waals surface area (Å²) in [6.07, 6.45) is 0. The van der Waals surface area contributed by atoms with E-state index in [-0.39, 0.29) is 0 Å². The number of rotatable bonds is 4. The third-order valence-electron chi connectivity index (χ3n) is 2.86. The van der Waals surface area contributed by atoms with Crippen LogP contribution in [0.3, 0.4) is 0 Å². The van der Waals surface area contributed by atoms with Crippen molar-refractivity contribution < 1.29 is 4.74 Å². The van der Waals surface area contributed by atoms with Crippen LogP contribution in [0.15, 0.2) is 27.1 Å². The van der Waals surface area contributed by atoms with Crippen molar-refractivity contribution in [2.75, 3.05) is 0 Å². The van der Waals surface area contributed by atoms with Crippen LogP contribution in [0, 0.1) is 6.92 Å². The lowest BCUT2D eigenvalue weighted by molar-refractivity contribution is 0.292. The minimum absolute atomic E-state index is 0.457. The molecule has 0 radical (unpaired) electrons. The summed E-state index contributed by atoms with van der Waals surface area (Å²) >= 11 is 7.01. The highest BCUT2D eigenvalue weighted by Crippen LogP contribution is 2.28. The second kappa shape index (κ2) is 6.07. The zero-order valence-electron chi connectivity index (χ0n) is 10.8. The van der Waals surface area contributed by atoms with Crippen LogP contribution in [0.25, 0.3) is 0 Å². The van der Waals surface area contributed by atoms with Crippen LogP contribution in [0.5, 0.6) is 5.75 Å². The Morgan fingerprint density at radius 3 is 2.63 bits per heavy atom. The molecule has 0 aliphatic heterocycles. The van der Waals surface area contributed by atoms with Gasteiger partial charge in [-0.05, 0) is 56.5 Å². The Labute approximate surface area is 129 Å². The van der Waals surface area contributed by atoms with Crippen LogP contribution < -0.4 is 10.5 Å². The quantitative estimate of drug-likeness (QED) is 0.874. The largest absolute Gasteiger partial charge is 0.486 e. The molecule has 4 nitrogen and oxygen atoms in total. The van der Waals surface area contributed by atoms with Crippen LogP contribution in [0.2, 0.25) is 0 Å². The molecule has 1 aromatic carbocycles. The van der Waals surface area contributed by atoms with E-state index < -0.39 is 0 Å². The molecule has 0 saturated carbocycles. The van der Waals surface area contributed by atoms with Crippen molar-refractivity contribution in [1.82, 2.24) is 9.78 Å². The lowest BCUT2D eigenvalue weighted by atomic mass is 10.2. The number of nitrogens with two attached hydrogens (primary N) is 1. The van der Waals surface area contributed by atoms with Crippen molar-refractivity contribution >= 4 is 31.9 Å². The van der Waals surface area contributed by atoms with Crippen molar-refractivity contribution in [3.8, 4) is 5.75 Å². The third kappa shape index (κ3) is 3.19. The molecule has 1 heterocycles. The molecule has 0 fully saturated rings. The van der Waals surface area contributed by atoms with Gasteiger partial charge in [0.05, 0.1) is 20.3 Å². The number of aromatic nitrogens is 2. The third-order valence-corrected chi connectivity index (χ3v) is 4.51. The average Bonchev–Trinajstić information content (AvgIpc) is 2.62. The number of nitrogens with zero attached hydrogens (tertiary/aromatic N) is 2. The lowest BCUT2D eigenvalue weighted by Gasteiger charge is -2.10. The summed E-state index contributed by atoms with van der Waals surface area (Å²) in [6, 6.07) is 5.85. The second-order valence-electron chi connectivity index (χ2n) is 4.23. The molecule has 2 N–H and O–H groups in total. The van der Waals surface area contributed by atoms with Crippen molar-refractivity contribution in [3.63, 3.8) is 0 Å². The van der Waals surface area contributed by atoms with Gasteiger partial charge in [-0.1, -0.05) is 6.07 Å². The molecule has 2 aromatic rings. The molecule has 0 atom stereocenters. The van der Waals surface area contributed by atoms with Crippen molar-refractivity contribution in [1.29, 1.82) is 0 Å². The van der Waals surface area contributed by atoms with Gasteiger partial charge in [-0.15, -0.1) is 0 Å². The molecule has 0 amide bonds. The van der Waals surface area contributed by atoms with E-state index in [4.69, 9.17) is 10.5 Å². The molecule has 0 spiro atoms. The van der Waals surface area contributed by atoms with E-state index in [9.17, 15) is 0 Å². The van der Waals surface area contributed by atoms with Gasteiger partial charge in [0.15, 0.2) is 0 Å². The van der Waals surface area contributed by atoms with Gasteiger partial charge in [0, 0.05) is 13.6 Å². The molecular weight excluding hydrogens is 374 g/mol. The molecule has 0 aliphatic carbocycles. The summed E-state index contributed by atoms with van der Waals surface area (Å²) in [5, 5.41) is 4.33. The van der Waals surface area contributed by atoms with Gasteiger partial charge < -0.3 is 10.5 Å². The van der Waals surface area contributed by atoms with Gasteiger partial charge in [-0.2, -0.15) is 5.10 Å². The first-order chi connectivity index (χ1) is 9.02. The van der Waals surface area contributed by atoms with Crippen LogP contribution >= 0.6 is 31.9 Å². The smallest absolute Gasteiger partial charge is 0.134 e. The highest BCUT2D eigenvalue weighted by Gasteiger charge is 2.12. The Kier molecular flexibility index (Phi) is 4.65. The zero-order chi connectivity index (χ0) is 14.0. The number of hydrogen-bond donors (Lipinski definition) is 1. The first kappa shape index (κ1) is 14.6. The normalized spacial score (nSPS) is 10.8. The summed E-state index contributed by atoms with van der Waals surface area (Å²) in [5.74, 6) is 0.794. The monoisotopic (exact) mass is 387 g/mol. The minimum Gasteiger partial charge on any atom is -0.486 e. The van der Waals surface area contributed by atoms with E-state index in [1.54, 1.807) is 0 Å². The van der Waals surface area contributed by atoms with Gasteiger partial charge in [0.25, 0.3) is 0 Å². The summed E-state index contributed by atoms with van der Waals surface area (Å²) in [5.41, 5.74) is 8.63. The molecule has 2 rings (SSSR count). The van der Waals surface area contributed by atoms with E-state index in [1.807, 2.05) is 36.9 Å². The van der Waals surface area contributed by atoms with E-state index in [0.29, 0.717) is 13.2 Å². The number of aryl methyl sites for hydroxylation is 2. The second-order valence-corrected chi connectivity index (χ2v) is 5.87. The van der Waals surface area contributed by atoms with E-state index in [0.717, 1.165) is 31.6 Å². The molecule has 102 valence electrons. The van der Waals surface area contributed by atoms with Gasteiger partial charge in [0.1, 0.15) is 12.4 Å². The molecule has 1 aromatic heterocycles. The van der Waals surface area contributed by atoms with E-state index in [1.165, 1.54) is 0 Å². The fraction of sp³-hybridized carbons (Fsp3) is 0.308. The lowest BCUT2D eigenvalue weighted by Crippen LogP contribution is -2.04. The molecule has 0 saturated heterocycles. The van der Waals surface area contributed by atoms with Crippen LogP contribution in [0.4, 0.5) is 0 Å². The molecule has 6 heteroatoms. The fourth-order valence-corrected chi connectivity index (χ4v) is 2.76. The van der Waals surface area contributed by atoms with Gasteiger partial charge in [-0.25, -0.2) is 0 Å². The van der Waals surface area contributed by atoms with Crippen molar-refractivity contribution in [3.05, 3.63) is 44.1 Å². The Morgan fingerprint density at radius 1 is 1.37 bits per heavy atom. The molecule has 19 heavy (non-hydrogen) atoms. The first-order valence-corrected chi connectivity index (χ1v) is 7.40. The number of hydrogen-bond acceptors (Lipinski definition) is 3. The molecule has 0 bridgehead atoms. The average molecular weight is 389 g/mol. The minimum atomic E-state index is 0.457. The fourth-order valence-electron chi connectivity index (χ4n) is 1.77. The molecule has 0 aliphatic rings. The standard InChI is InChI=1S/C13H15Br2N3O/c1-8-13(15)11(18(2)17-8)7-19-12-4-3-9(6-16)5-10(12)14/h3-5H,6-7,16H2,1-2H3. The van der Waals surface area contributed by atoms with Gasteiger partial charge >= 0.3 is 0 Å². The predicted octanol–water partition coefficient (Wildman–Crippen LogP) is 3.29. The predicted molar refractivity (Wildman–Crippen MR) is 82.0 cm³/mol. The summed E-state index contributed by atoms with van der Waals surface area (Å²) in [4.78, 5) is 0. The van der Waals surface area contributed by atoms with Gasteiger partial charge in [-0.3, -0.25) is 4.68 Å². The Bertz CT molecular complexity index is 596. The maximum Gasteiger partial charge on any atom is 0.134 e. The maximum atomic E-state index is 5.82. The SMILES string of the molecule is Cc1nn(C)c(COc2ccc(CN)cc2Br)c1Br. The Hall–Kier alpha value is -0.850. The van der Waals surface area contributed by atoms with Crippen molar-refractivity contribution in [2.45, 2.75) is 20.1 Å². The highest BCUT2D eigenvalue weighted by atomic mass is 79.9. The zero-order valence-corrected chi connectivity index (χ0v) is 14.0. The first-order valence-electron chi connectivity index (χ1n) is 5.82. The van der Waals surface area contributed by atoms with Crippen LogP contribution in [-0.4, -0.2) is 9.78 Å². The molecule has 0 unspecified atom stereocenters. The number of halogens is 2. The number of ether oxygens (including phenoxy) is 1. The Morgan fingerprint density at radius 2 is 2.11 bits per heavy atom. The van der Waals surface area contributed by atoms with E-state index >= 15 is 0 Å². The van der Waals surface area contributed by atoms with Crippen LogP contribution in [0.1, 0.15) is 17.0 Å². The molecular formula is C13H15Br2N3O. The topological polar surface area (TPSA) is 53.1 Å². The summed E-state index contributed by atoms with van der Waals surface area (Å²) in [6.45, 7) is 2.93. The van der Waals surface area contributed by atoms with Gasteiger partial charge in [0.2, 0.25) is 0 Å². The Balaban J connectivity index is 2.14.